The summed E-state index contributed by atoms with van der Waals surface area (Å²) in [6, 6.07) is 9.32. The molecule has 16 heavy (non-hydrogen) atoms. The first-order valence-corrected chi connectivity index (χ1v) is 5.84. The minimum Gasteiger partial charge on any atom is -0.282 e. The fraction of sp³-hybridized carbons (Fsp3) is 0. The van der Waals surface area contributed by atoms with Gasteiger partial charge in [-0.2, -0.15) is 8.42 Å². The van der Waals surface area contributed by atoms with E-state index in [9.17, 15) is 12.9 Å². The molecule has 6 heteroatoms. The third-order valence-corrected chi connectivity index (χ3v) is 3.20. The summed E-state index contributed by atoms with van der Waals surface area (Å²) in [6.45, 7) is 0. The molecule has 2 N–H and O–H groups in total. The highest BCUT2D eigenvalue weighted by Gasteiger charge is 2.19. The van der Waals surface area contributed by atoms with Crippen molar-refractivity contribution in [3.8, 4) is 0 Å². The lowest BCUT2D eigenvalue weighted by Crippen LogP contribution is -2.02. The molecular weight excluding hydrogens is 233 g/mol. The van der Waals surface area contributed by atoms with E-state index < -0.39 is 15.0 Å². The predicted molar refractivity (Wildman–Crippen MR) is 58.5 cm³/mol. The Morgan fingerprint density at radius 2 is 1.81 bits per heavy atom. The van der Waals surface area contributed by atoms with Gasteiger partial charge in [0.15, 0.2) is 0 Å². The third kappa shape index (κ3) is 1.72. The van der Waals surface area contributed by atoms with E-state index in [1.54, 1.807) is 24.3 Å². The number of halogens is 1. The summed E-state index contributed by atoms with van der Waals surface area (Å²) in [4.78, 5) is -0.451. The topological polar surface area (TPSA) is 66.4 Å². The molecule has 0 aromatic heterocycles. The number of rotatable bonds is 2. The molecule has 0 fully saturated rings. The predicted octanol–water partition coefficient (Wildman–Crippen LogP) is 2.38. The van der Waals surface area contributed by atoms with Crippen LogP contribution in [0.4, 0.5) is 10.2 Å². The van der Waals surface area contributed by atoms with Crippen LogP contribution in [0.15, 0.2) is 41.3 Å². The lowest BCUT2D eigenvalue weighted by Gasteiger charge is -2.07. The molecule has 0 spiro atoms. The maximum absolute atomic E-state index is 12.4. The zero-order valence-corrected chi connectivity index (χ0v) is 8.83. The summed E-state index contributed by atoms with van der Waals surface area (Å²) in [5.41, 5.74) is 0.978. The Morgan fingerprint density at radius 3 is 2.44 bits per heavy atom. The van der Waals surface area contributed by atoms with E-state index in [1.165, 1.54) is 17.7 Å². The Kier molecular flexibility index (Phi) is 2.53. The molecule has 2 aromatic carbocycles. The zero-order chi connectivity index (χ0) is 11.8. The number of anilines is 1. The van der Waals surface area contributed by atoms with Crippen LogP contribution in [0.1, 0.15) is 0 Å². The molecule has 2 aromatic rings. The number of fused-ring (bicyclic) bond motifs is 1. The number of benzene rings is 2. The second-order valence-electron chi connectivity index (χ2n) is 3.23. The van der Waals surface area contributed by atoms with Crippen molar-refractivity contribution in [2.45, 2.75) is 4.90 Å². The van der Waals surface area contributed by atoms with Gasteiger partial charge in [-0.05, 0) is 11.5 Å². The van der Waals surface area contributed by atoms with Gasteiger partial charge in [0, 0.05) is 5.39 Å². The van der Waals surface area contributed by atoms with E-state index >= 15 is 0 Å². The second kappa shape index (κ2) is 3.73. The number of hydrogen-bond acceptors (Lipinski definition) is 3. The normalized spacial score (nSPS) is 11.6. The van der Waals surface area contributed by atoms with Gasteiger partial charge >= 0.3 is 0 Å². The van der Waals surface area contributed by atoms with Crippen LogP contribution in [0.3, 0.4) is 0 Å². The van der Waals surface area contributed by atoms with E-state index in [2.05, 4.69) is 0 Å². The van der Waals surface area contributed by atoms with Gasteiger partial charge in [-0.1, -0.05) is 30.3 Å². The summed E-state index contributed by atoms with van der Waals surface area (Å²) in [6.07, 6.45) is 0. The molecule has 0 saturated heterocycles. The van der Waals surface area contributed by atoms with E-state index in [0.717, 1.165) is 0 Å². The van der Waals surface area contributed by atoms with Crippen LogP contribution in [0, 0.1) is 0 Å². The van der Waals surface area contributed by atoms with Gasteiger partial charge in [0.1, 0.15) is 4.90 Å². The maximum atomic E-state index is 12.4. The van der Waals surface area contributed by atoms with E-state index in [4.69, 9.17) is 4.55 Å². The molecule has 84 valence electrons. The first-order chi connectivity index (χ1) is 7.54. The van der Waals surface area contributed by atoms with Crippen LogP contribution in [-0.4, -0.2) is 13.0 Å². The van der Waals surface area contributed by atoms with Gasteiger partial charge in [0.05, 0.1) is 5.69 Å². The molecule has 0 heterocycles. The fourth-order valence-electron chi connectivity index (χ4n) is 1.60. The molecule has 2 rings (SSSR count). The van der Waals surface area contributed by atoms with Crippen LogP contribution in [0.5, 0.6) is 0 Å². The zero-order valence-electron chi connectivity index (χ0n) is 8.01. The molecule has 0 atom stereocenters. The average molecular weight is 241 g/mol. The Balaban J connectivity index is 2.95. The summed E-state index contributed by atoms with van der Waals surface area (Å²) >= 11 is 0. The smallest absolute Gasteiger partial charge is 0.282 e. The first-order valence-electron chi connectivity index (χ1n) is 4.40. The Bertz CT molecular complexity index is 640. The van der Waals surface area contributed by atoms with Crippen molar-refractivity contribution in [1.29, 1.82) is 0 Å². The minimum atomic E-state index is -4.47. The molecule has 0 aliphatic heterocycles. The standard InChI is InChI=1S/C10H8FNO3S/c11-12-9-6-5-7-3-1-2-4-8(7)10(9)16(13,14)15/h1-6,12H,(H,13,14,15). The van der Waals surface area contributed by atoms with E-state index in [0.29, 0.717) is 5.39 Å². The van der Waals surface area contributed by atoms with Crippen LogP contribution < -0.4 is 5.54 Å². The summed E-state index contributed by atoms with van der Waals surface area (Å²) < 4.78 is 43.8. The molecule has 0 bridgehead atoms. The number of hydrogen-bond donors (Lipinski definition) is 2. The fourth-order valence-corrected chi connectivity index (χ4v) is 2.44. The molecule has 0 saturated carbocycles. The van der Waals surface area contributed by atoms with Gasteiger partial charge in [0.25, 0.3) is 10.1 Å². The molecule has 0 unspecified atom stereocenters. The Hall–Kier alpha value is -1.66. The third-order valence-electron chi connectivity index (χ3n) is 2.24. The Morgan fingerprint density at radius 1 is 1.12 bits per heavy atom. The summed E-state index contributed by atoms with van der Waals surface area (Å²) in [7, 11) is -4.47. The molecule has 0 aliphatic carbocycles. The average Bonchev–Trinajstić information content (AvgIpc) is 2.26. The second-order valence-corrected chi connectivity index (χ2v) is 4.59. The van der Waals surface area contributed by atoms with Gasteiger partial charge < -0.3 is 0 Å². The van der Waals surface area contributed by atoms with E-state index in [1.807, 2.05) is 0 Å². The first kappa shape index (κ1) is 10.8. The van der Waals surface area contributed by atoms with E-state index in [-0.39, 0.29) is 11.1 Å². The van der Waals surface area contributed by atoms with Gasteiger partial charge in [-0.15, -0.1) is 4.48 Å². The Labute approximate surface area is 91.4 Å². The van der Waals surface area contributed by atoms with Crippen molar-refractivity contribution in [2.75, 3.05) is 5.54 Å². The van der Waals surface area contributed by atoms with Gasteiger partial charge in [-0.3, -0.25) is 4.55 Å². The molecule has 4 nitrogen and oxygen atoms in total. The highest BCUT2D eigenvalue weighted by Crippen LogP contribution is 2.30. The van der Waals surface area contributed by atoms with Crippen LogP contribution >= 0.6 is 0 Å². The SMILES string of the molecule is O=S(=O)(O)c1c(NF)ccc2ccccc12. The molecule has 0 aliphatic rings. The maximum Gasteiger partial charge on any atom is 0.297 e. The monoisotopic (exact) mass is 241 g/mol. The lowest BCUT2D eigenvalue weighted by atomic mass is 10.1. The largest absolute Gasteiger partial charge is 0.297 e. The van der Waals surface area contributed by atoms with Crippen molar-refractivity contribution in [3.05, 3.63) is 36.4 Å². The summed E-state index contributed by atoms with van der Waals surface area (Å²) in [5.74, 6) is 0. The number of nitrogens with one attached hydrogen (secondary N) is 1. The van der Waals surface area contributed by atoms with Gasteiger partial charge in [0.2, 0.25) is 0 Å². The van der Waals surface area contributed by atoms with Crippen molar-refractivity contribution in [3.63, 3.8) is 0 Å². The quantitative estimate of drug-likeness (QED) is 0.625. The molecular formula is C10H8FNO3S. The van der Waals surface area contributed by atoms with Crippen molar-refractivity contribution < 1.29 is 17.5 Å². The van der Waals surface area contributed by atoms with Crippen LogP contribution in [0.2, 0.25) is 0 Å². The van der Waals surface area contributed by atoms with Crippen molar-refractivity contribution >= 4 is 26.6 Å². The molecule has 0 radical (unpaired) electrons. The van der Waals surface area contributed by atoms with Gasteiger partial charge in [-0.25, -0.2) is 5.54 Å². The van der Waals surface area contributed by atoms with Crippen molar-refractivity contribution in [2.24, 2.45) is 0 Å². The van der Waals surface area contributed by atoms with Crippen LogP contribution in [-0.2, 0) is 10.1 Å². The summed E-state index contributed by atoms with van der Waals surface area (Å²) in [5, 5.41) is 0.877. The minimum absolute atomic E-state index is 0.271. The highest BCUT2D eigenvalue weighted by molar-refractivity contribution is 7.86. The van der Waals surface area contributed by atoms with Crippen LogP contribution in [0.25, 0.3) is 10.8 Å². The molecule has 0 amide bonds. The van der Waals surface area contributed by atoms with Crippen molar-refractivity contribution in [1.82, 2.24) is 0 Å². The highest BCUT2D eigenvalue weighted by atomic mass is 32.2. The lowest BCUT2D eigenvalue weighted by molar-refractivity contribution is 0.483.